The zero-order chi connectivity index (χ0) is 21.2. The normalized spacial score (nSPS) is 13.0. The van der Waals surface area contributed by atoms with Crippen LogP contribution in [0.4, 0.5) is 26.3 Å². The molecule has 0 fully saturated rings. The number of hydrogen-bond donors (Lipinski definition) is 0. The van der Waals surface area contributed by atoms with Crippen LogP contribution >= 0.6 is 45.2 Å². The fraction of sp³-hybridized carbons (Fsp3) is 0.308. The third-order valence-electron chi connectivity index (χ3n) is 2.72. The van der Waals surface area contributed by atoms with Gasteiger partial charge in [0.15, 0.2) is 5.75 Å². The van der Waals surface area contributed by atoms with Gasteiger partial charge in [-0.1, -0.05) is 0 Å². The zero-order valence-electron chi connectivity index (χ0n) is 12.4. The van der Waals surface area contributed by atoms with Crippen molar-refractivity contribution in [2.24, 2.45) is 5.92 Å². The Kier molecular flexibility index (Phi) is 7.71. The predicted molar refractivity (Wildman–Crippen MR) is 88.4 cm³/mol. The summed E-state index contributed by atoms with van der Waals surface area (Å²) in [4.78, 5) is 33.5. The molecule has 6 nitrogen and oxygen atoms in total. The van der Waals surface area contributed by atoms with Gasteiger partial charge < -0.3 is 19.4 Å². The molecule has 1 rings (SSSR count). The first-order chi connectivity index (χ1) is 12.1. The molecule has 27 heavy (non-hydrogen) atoms. The van der Waals surface area contributed by atoms with Crippen molar-refractivity contribution < 1.29 is 55.3 Å². The maximum atomic E-state index is 12.5. The van der Waals surface area contributed by atoms with Crippen LogP contribution in [0.15, 0.2) is 12.1 Å². The number of ether oxygens (including phenoxy) is 2. The van der Waals surface area contributed by atoms with E-state index in [-0.39, 0.29) is 7.14 Å². The number of carbonyl (C=O) groups excluding carboxylic acids is 3. The second-order valence-corrected chi connectivity index (χ2v) is 7.07. The van der Waals surface area contributed by atoms with Gasteiger partial charge in [0.2, 0.25) is 0 Å². The van der Waals surface area contributed by atoms with Crippen molar-refractivity contribution in [3.05, 3.63) is 24.8 Å². The fourth-order valence-electron chi connectivity index (χ4n) is 1.50. The summed E-state index contributed by atoms with van der Waals surface area (Å²) in [6.45, 7) is -1.68. The van der Waals surface area contributed by atoms with E-state index in [1.54, 1.807) is 22.6 Å². The van der Waals surface area contributed by atoms with Crippen molar-refractivity contribution in [1.29, 1.82) is 0 Å². The summed E-state index contributed by atoms with van der Waals surface area (Å²) in [7, 11) is 0. The first-order valence-electron chi connectivity index (χ1n) is 6.37. The second kappa shape index (κ2) is 8.78. The van der Waals surface area contributed by atoms with Crippen molar-refractivity contribution in [2.75, 3.05) is 6.61 Å². The van der Waals surface area contributed by atoms with E-state index in [1.165, 1.54) is 28.7 Å². The lowest BCUT2D eigenvalue weighted by atomic mass is 10.1. The van der Waals surface area contributed by atoms with Gasteiger partial charge in [-0.25, -0.2) is 9.59 Å². The van der Waals surface area contributed by atoms with Gasteiger partial charge in [-0.2, -0.15) is 26.3 Å². The summed E-state index contributed by atoms with van der Waals surface area (Å²) in [6.07, 6.45) is -10.7. The van der Waals surface area contributed by atoms with Crippen LogP contribution in [-0.2, 0) is 14.3 Å². The van der Waals surface area contributed by atoms with E-state index in [9.17, 15) is 45.8 Å². The molecule has 14 heteroatoms. The van der Waals surface area contributed by atoms with Crippen LogP contribution in [0.2, 0.25) is 0 Å². The van der Waals surface area contributed by atoms with Crippen molar-refractivity contribution in [3.8, 4) is 5.75 Å². The van der Waals surface area contributed by atoms with E-state index >= 15 is 0 Å². The van der Waals surface area contributed by atoms with Gasteiger partial charge in [0.05, 0.1) is 9.54 Å². The molecule has 0 aromatic heterocycles. The minimum Gasteiger partial charge on any atom is -0.549 e. The Bertz CT molecular complexity index is 761. The molecule has 0 aliphatic heterocycles. The lowest BCUT2D eigenvalue weighted by molar-refractivity contribution is -0.327. The summed E-state index contributed by atoms with van der Waals surface area (Å²) < 4.78 is 83.1. The highest BCUT2D eigenvalue weighted by molar-refractivity contribution is 14.1. The minimum atomic E-state index is -5.40. The van der Waals surface area contributed by atoms with Gasteiger partial charge in [-0.05, 0) is 57.3 Å². The number of carboxylic acids is 1. The monoisotopic (exact) mass is 625 g/mol. The van der Waals surface area contributed by atoms with Gasteiger partial charge in [0.25, 0.3) is 0 Å². The van der Waals surface area contributed by atoms with E-state index in [1.807, 2.05) is 0 Å². The molecule has 1 aromatic rings. The smallest absolute Gasteiger partial charge is 0.491 e. The highest BCUT2D eigenvalue weighted by Gasteiger charge is 2.43. The largest absolute Gasteiger partial charge is 0.549 e. The van der Waals surface area contributed by atoms with Crippen molar-refractivity contribution in [3.63, 3.8) is 0 Å². The van der Waals surface area contributed by atoms with Gasteiger partial charge in [-0.15, -0.1) is 0 Å². The average molecular weight is 625 g/mol. The Morgan fingerprint density at radius 2 is 1.63 bits per heavy atom. The van der Waals surface area contributed by atoms with Crippen LogP contribution in [0.1, 0.15) is 10.4 Å². The van der Waals surface area contributed by atoms with Gasteiger partial charge in [-0.3, -0.25) is 0 Å². The fourth-order valence-corrected chi connectivity index (χ4v) is 3.45. The summed E-state index contributed by atoms with van der Waals surface area (Å²) >= 11 is 3.07. The molecule has 1 unspecified atom stereocenters. The Hall–Kier alpha value is -1.33. The number of esters is 2. The third-order valence-corrected chi connectivity index (χ3v) is 4.14. The predicted octanol–water partition coefficient (Wildman–Crippen LogP) is 2.45. The number of halogens is 8. The number of benzene rings is 1. The number of aliphatic carboxylic acids is 1. The Morgan fingerprint density at radius 3 is 2.07 bits per heavy atom. The van der Waals surface area contributed by atoms with Gasteiger partial charge in [0, 0.05) is 3.57 Å². The molecular weight excluding hydrogens is 620 g/mol. The number of rotatable bonds is 5. The van der Waals surface area contributed by atoms with Crippen LogP contribution in [0.5, 0.6) is 5.75 Å². The van der Waals surface area contributed by atoms with Crippen molar-refractivity contribution in [1.82, 2.24) is 0 Å². The topological polar surface area (TPSA) is 92.7 Å². The second-order valence-electron chi connectivity index (χ2n) is 4.66. The van der Waals surface area contributed by atoms with Crippen molar-refractivity contribution in [2.45, 2.75) is 12.4 Å². The van der Waals surface area contributed by atoms with Crippen LogP contribution in [-0.4, -0.2) is 36.9 Å². The first-order valence-corrected chi connectivity index (χ1v) is 8.53. The zero-order valence-corrected chi connectivity index (χ0v) is 16.7. The maximum absolute atomic E-state index is 12.5. The quantitative estimate of drug-likeness (QED) is 0.216. The van der Waals surface area contributed by atoms with Crippen LogP contribution in [0.3, 0.4) is 0 Å². The average Bonchev–Trinajstić information content (AvgIpc) is 2.46. The molecule has 1 atom stereocenters. The van der Waals surface area contributed by atoms with E-state index in [0.29, 0.717) is 0 Å². The molecule has 0 saturated carbocycles. The maximum Gasteiger partial charge on any atom is 0.491 e. The molecule has 0 radical (unpaired) electrons. The number of carboxylic acid groups (broad SMARTS) is 1. The highest BCUT2D eigenvalue weighted by Crippen LogP contribution is 2.32. The molecule has 1 aromatic carbocycles. The van der Waals surface area contributed by atoms with E-state index in [4.69, 9.17) is 0 Å². The van der Waals surface area contributed by atoms with Gasteiger partial charge in [0.1, 0.15) is 18.1 Å². The molecule has 0 aliphatic carbocycles. The number of carbonyl (C=O) groups is 3. The highest BCUT2D eigenvalue weighted by atomic mass is 127. The number of hydrogen-bond acceptors (Lipinski definition) is 6. The first kappa shape index (κ1) is 23.7. The summed E-state index contributed by atoms with van der Waals surface area (Å²) in [5, 5.41) is 10.5. The van der Waals surface area contributed by atoms with Crippen LogP contribution in [0, 0.1) is 13.1 Å². The molecule has 150 valence electrons. The van der Waals surface area contributed by atoms with Crippen LogP contribution < -0.4 is 9.84 Å². The van der Waals surface area contributed by atoms with Gasteiger partial charge >= 0.3 is 24.3 Å². The summed E-state index contributed by atoms with van der Waals surface area (Å²) in [6, 6.07) is 2.11. The van der Waals surface area contributed by atoms with Crippen LogP contribution in [0.25, 0.3) is 0 Å². The third kappa shape index (κ3) is 6.65. The Balaban J connectivity index is 3.16. The minimum absolute atomic E-state index is 0.142. The molecule has 0 bridgehead atoms. The molecule has 0 amide bonds. The molecule has 0 N–H and O–H groups in total. The van der Waals surface area contributed by atoms with E-state index in [0.717, 1.165) is 6.07 Å². The molecular formula is C13H5F6I2O6-. The van der Waals surface area contributed by atoms with E-state index < -0.39 is 54.1 Å². The molecule has 0 aliphatic rings. The summed E-state index contributed by atoms with van der Waals surface area (Å²) in [5.74, 6) is -10.9. The Labute approximate surface area is 173 Å². The molecule has 0 spiro atoms. The lowest BCUT2D eigenvalue weighted by Crippen LogP contribution is -2.43. The standard InChI is InChI=1S/C13H6F6I2O6/c14-12(15,16)6(9(22)23)3-26-10(24)5-1-4(20)2-7(21)8(5)27-11(25)13(17,18)19/h1-2,6H,3H2,(H,22,23)/p-1. The molecule has 0 saturated heterocycles. The Morgan fingerprint density at radius 1 is 1.07 bits per heavy atom. The van der Waals surface area contributed by atoms with Crippen molar-refractivity contribution >= 4 is 63.1 Å². The van der Waals surface area contributed by atoms with E-state index in [2.05, 4.69) is 9.47 Å². The lowest BCUT2D eigenvalue weighted by Gasteiger charge is -2.21. The number of alkyl halides is 6. The summed E-state index contributed by atoms with van der Waals surface area (Å²) in [5.41, 5.74) is -0.789. The molecule has 0 heterocycles. The SMILES string of the molecule is O=C(OCC(C(=O)[O-])C(F)(F)F)c1cc(I)cc(I)c1OC(=O)C(F)(F)F.